The molecule has 3 N–H and O–H groups in total. The van der Waals surface area contributed by atoms with Gasteiger partial charge in [-0.1, -0.05) is 0 Å². The fourth-order valence-corrected chi connectivity index (χ4v) is 3.79. The molecule has 2 saturated heterocycles. The Labute approximate surface area is 97.4 Å². The van der Waals surface area contributed by atoms with Crippen LogP contribution in [-0.4, -0.2) is 45.9 Å². The highest BCUT2D eigenvalue weighted by Gasteiger charge is 2.22. The highest BCUT2D eigenvalue weighted by molar-refractivity contribution is 7.89. The van der Waals surface area contributed by atoms with Crippen molar-refractivity contribution in [2.45, 2.75) is 37.8 Å². The Morgan fingerprint density at radius 2 is 2.12 bits per heavy atom. The van der Waals surface area contributed by atoms with E-state index in [1.54, 1.807) is 0 Å². The van der Waals surface area contributed by atoms with Crippen molar-refractivity contribution in [3.05, 3.63) is 0 Å². The predicted molar refractivity (Wildman–Crippen MR) is 63.8 cm³/mol. The number of rotatable bonds is 5. The van der Waals surface area contributed by atoms with Gasteiger partial charge in [0.25, 0.3) is 0 Å². The van der Waals surface area contributed by atoms with E-state index >= 15 is 0 Å². The third-order valence-corrected chi connectivity index (χ3v) is 4.77. The summed E-state index contributed by atoms with van der Waals surface area (Å²) in [6.45, 7) is 2.71. The lowest BCUT2D eigenvalue weighted by Gasteiger charge is -2.14. The molecule has 2 fully saturated rings. The molecule has 0 bridgehead atoms. The van der Waals surface area contributed by atoms with Crippen LogP contribution in [0, 0.1) is 0 Å². The van der Waals surface area contributed by atoms with Gasteiger partial charge in [0, 0.05) is 18.6 Å². The highest BCUT2D eigenvalue weighted by Crippen LogP contribution is 2.10. The van der Waals surface area contributed by atoms with E-state index in [9.17, 15) is 8.42 Å². The van der Waals surface area contributed by atoms with Crippen LogP contribution >= 0.6 is 0 Å². The molecule has 2 heterocycles. The van der Waals surface area contributed by atoms with E-state index in [1.165, 1.54) is 6.42 Å². The molecule has 0 aromatic carbocycles. The lowest BCUT2D eigenvalue weighted by Crippen LogP contribution is -2.38. The lowest BCUT2D eigenvalue weighted by molar-refractivity contribution is 0.540. The molecular formula is C10H21N3O2S. The lowest BCUT2D eigenvalue weighted by atomic mass is 10.2. The second-order valence-corrected chi connectivity index (χ2v) is 6.58. The number of hydrogen-bond donors (Lipinski definition) is 3. The average Bonchev–Trinajstić information content (AvgIpc) is 2.85. The van der Waals surface area contributed by atoms with Crippen LogP contribution in [0.2, 0.25) is 0 Å². The first kappa shape index (κ1) is 12.3. The summed E-state index contributed by atoms with van der Waals surface area (Å²) in [4.78, 5) is 0. The van der Waals surface area contributed by atoms with Gasteiger partial charge < -0.3 is 10.6 Å². The van der Waals surface area contributed by atoms with Crippen molar-refractivity contribution in [3.8, 4) is 0 Å². The van der Waals surface area contributed by atoms with Crippen molar-refractivity contribution in [2.24, 2.45) is 0 Å². The van der Waals surface area contributed by atoms with E-state index in [0.29, 0.717) is 6.04 Å². The summed E-state index contributed by atoms with van der Waals surface area (Å²) in [5, 5.41) is 6.47. The summed E-state index contributed by atoms with van der Waals surface area (Å²) in [6, 6.07) is 0.500. The van der Waals surface area contributed by atoms with E-state index < -0.39 is 10.0 Å². The van der Waals surface area contributed by atoms with Crippen LogP contribution in [0.25, 0.3) is 0 Å². The number of hydrogen-bond acceptors (Lipinski definition) is 4. The molecule has 0 radical (unpaired) electrons. The molecule has 0 aromatic heterocycles. The Balaban J connectivity index is 1.73. The SMILES string of the molecule is O=S(=O)(CCC1CCCN1)NC1CCNC1. The second-order valence-electron chi connectivity index (χ2n) is 4.71. The van der Waals surface area contributed by atoms with Crippen molar-refractivity contribution in [2.75, 3.05) is 25.4 Å². The van der Waals surface area contributed by atoms with Gasteiger partial charge in [-0.15, -0.1) is 0 Å². The zero-order valence-corrected chi connectivity index (χ0v) is 10.4. The van der Waals surface area contributed by atoms with Crippen LogP contribution in [0.15, 0.2) is 0 Å². The van der Waals surface area contributed by atoms with Crippen LogP contribution in [0.5, 0.6) is 0 Å². The van der Waals surface area contributed by atoms with E-state index in [-0.39, 0.29) is 11.8 Å². The maximum absolute atomic E-state index is 11.8. The molecule has 16 heavy (non-hydrogen) atoms. The second kappa shape index (κ2) is 5.44. The normalized spacial score (nSPS) is 31.0. The van der Waals surface area contributed by atoms with Crippen LogP contribution in [0.3, 0.4) is 0 Å². The van der Waals surface area contributed by atoms with E-state index in [0.717, 1.165) is 38.9 Å². The topological polar surface area (TPSA) is 70.2 Å². The molecular weight excluding hydrogens is 226 g/mol. The monoisotopic (exact) mass is 247 g/mol. The minimum absolute atomic E-state index is 0.0986. The van der Waals surface area contributed by atoms with Crippen LogP contribution in [0.4, 0.5) is 0 Å². The van der Waals surface area contributed by atoms with Crippen molar-refractivity contribution < 1.29 is 8.42 Å². The van der Waals surface area contributed by atoms with Gasteiger partial charge >= 0.3 is 0 Å². The first-order valence-electron chi connectivity index (χ1n) is 6.10. The van der Waals surface area contributed by atoms with Gasteiger partial charge in [0.05, 0.1) is 5.75 Å². The van der Waals surface area contributed by atoms with Gasteiger partial charge in [-0.25, -0.2) is 13.1 Å². The minimum atomic E-state index is -3.08. The average molecular weight is 247 g/mol. The summed E-state index contributed by atoms with van der Waals surface area (Å²) in [5.74, 6) is 0.251. The van der Waals surface area contributed by atoms with Crippen LogP contribution < -0.4 is 15.4 Å². The zero-order chi connectivity index (χ0) is 11.4. The largest absolute Gasteiger partial charge is 0.315 e. The summed E-state index contributed by atoms with van der Waals surface area (Å²) >= 11 is 0. The summed E-state index contributed by atoms with van der Waals surface area (Å²) in [5.41, 5.74) is 0. The predicted octanol–water partition coefficient (Wildman–Crippen LogP) is -0.590. The van der Waals surface area contributed by atoms with Crippen molar-refractivity contribution in [1.82, 2.24) is 15.4 Å². The molecule has 2 atom stereocenters. The van der Waals surface area contributed by atoms with Crippen molar-refractivity contribution in [3.63, 3.8) is 0 Å². The van der Waals surface area contributed by atoms with E-state index in [1.807, 2.05) is 0 Å². The smallest absolute Gasteiger partial charge is 0.211 e. The summed E-state index contributed by atoms with van der Waals surface area (Å²) in [6.07, 6.45) is 3.92. The molecule has 2 aliphatic heterocycles. The molecule has 6 heteroatoms. The first-order valence-corrected chi connectivity index (χ1v) is 7.75. The third kappa shape index (κ3) is 3.69. The summed E-state index contributed by atoms with van der Waals surface area (Å²) in [7, 11) is -3.08. The van der Waals surface area contributed by atoms with Crippen LogP contribution in [0.1, 0.15) is 25.7 Å². The molecule has 2 unspecified atom stereocenters. The van der Waals surface area contributed by atoms with Gasteiger partial charge in [-0.2, -0.15) is 0 Å². The number of nitrogens with one attached hydrogen (secondary N) is 3. The Morgan fingerprint density at radius 3 is 2.75 bits per heavy atom. The van der Waals surface area contributed by atoms with Crippen LogP contribution in [-0.2, 0) is 10.0 Å². The molecule has 2 rings (SSSR count). The van der Waals surface area contributed by atoms with Gasteiger partial charge in [0.15, 0.2) is 0 Å². The minimum Gasteiger partial charge on any atom is -0.315 e. The van der Waals surface area contributed by atoms with Crippen molar-refractivity contribution in [1.29, 1.82) is 0 Å². The zero-order valence-electron chi connectivity index (χ0n) is 9.54. The molecule has 5 nitrogen and oxygen atoms in total. The van der Waals surface area contributed by atoms with Gasteiger partial charge in [-0.05, 0) is 38.8 Å². The van der Waals surface area contributed by atoms with Gasteiger partial charge in [-0.3, -0.25) is 0 Å². The van der Waals surface area contributed by atoms with Gasteiger partial charge in [0.1, 0.15) is 0 Å². The molecule has 0 spiro atoms. The standard InChI is InChI=1S/C10H21N3O2S/c14-16(15,13-10-3-6-11-8-10)7-4-9-2-1-5-12-9/h9-13H,1-8H2. The van der Waals surface area contributed by atoms with Gasteiger partial charge in [0.2, 0.25) is 10.0 Å². The third-order valence-electron chi connectivity index (χ3n) is 3.30. The Bertz CT molecular complexity index is 306. The van der Waals surface area contributed by atoms with Crippen molar-refractivity contribution >= 4 is 10.0 Å². The Kier molecular flexibility index (Phi) is 4.18. The highest BCUT2D eigenvalue weighted by atomic mass is 32.2. The molecule has 0 aromatic rings. The Hall–Kier alpha value is -0.170. The maximum Gasteiger partial charge on any atom is 0.211 e. The molecule has 0 aliphatic carbocycles. The maximum atomic E-state index is 11.8. The first-order chi connectivity index (χ1) is 7.66. The Morgan fingerprint density at radius 1 is 1.25 bits per heavy atom. The molecule has 0 saturated carbocycles. The number of sulfonamides is 1. The summed E-state index contributed by atoms with van der Waals surface area (Å²) < 4.78 is 26.3. The molecule has 94 valence electrons. The fraction of sp³-hybridized carbons (Fsp3) is 1.00. The fourth-order valence-electron chi connectivity index (χ4n) is 2.37. The van der Waals surface area contributed by atoms with E-state index in [4.69, 9.17) is 0 Å². The molecule has 2 aliphatic rings. The molecule has 0 amide bonds. The van der Waals surface area contributed by atoms with E-state index in [2.05, 4.69) is 15.4 Å². The quantitative estimate of drug-likeness (QED) is 0.607.